The van der Waals surface area contributed by atoms with E-state index in [1.807, 2.05) is 0 Å². The molecule has 2 rings (SSSR count). The molecule has 2 aromatic rings. The molecule has 0 aliphatic carbocycles. The molecule has 0 bridgehead atoms. The van der Waals surface area contributed by atoms with E-state index in [0.29, 0.717) is 16.9 Å². The molecule has 0 spiro atoms. The monoisotopic (exact) mass is 296 g/mol. The summed E-state index contributed by atoms with van der Waals surface area (Å²) in [6, 6.07) is 11.9. The first-order valence-electron chi connectivity index (χ1n) is 5.71. The molecule has 0 unspecified atom stereocenters. The van der Waals surface area contributed by atoms with E-state index in [1.165, 1.54) is 6.07 Å². The maximum absolute atomic E-state index is 12.6. The molecule has 104 valence electrons. The summed E-state index contributed by atoms with van der Waals surface area (Å²) in [5, 5.41) is 2.90. The molecule has 3 N–H and O–H groups in total. The zero-order chi connectivity index (χ0) is 14.8. The second kappa shape index (κ2) is 5.50. The van der Waals surface area contributed by atoms with Crippen molar-refractivity contribution >= 4 is 28.6 Å². The third-order valence-corrected chi connectivity index (χ3v) is 2.88. The topological polar surface area (TPSA) is 38.0 Å². The van der Waals surface area contributed by atoms with Crippen molar-refractivity contribution in [3.8, 4) is 0 Å². The molecule has 0 saturated heterocycles. The Kier molecular flexibility index (Phi) is 3.94. The van der Waals surface area contributed by atoms with Gasteiger partial charge in [-0.3, -0.25) is 0 Å². The third-order valence-electron chi connectivity index (χ3n) is 2.66. The number of hydrogen-bond acceptors (Lipinski definition) is 2. The lowest BCUT2D eigenvalue weighted by Crippen LogP contribution is -2.12. The molecule has 2 nitrogen and oxygen atoms in total. The normalized spacial score (nSPS) is 11.2. The van der Waals surface area contributed by atoms with Crippen molar-refractivity contribution in [3.63, 3.8) is 0 Å². The van der Waals surface area contributed by atoms with E-state index in [0.717, 1.165) is 12.1 Å². The fourth-order valence-corrected chi connectivity index (χ4v) is 1.91. The SMILES string of the molecule is NC(=S)c1ccccc1Nc1cccc(C(F)(F)F)c1. The number of para-hydroxylation sites is 1. The number of alkyl halides is 3. The lowest BCUT2D eigenvalue weighted by Gasteiger charge is -2.13. The van der Waals surface area contributed by atoms with E-state index in [1.54, 1.807) is 30.3 Å². The summed E-state index contributed by atoms with van der Waals surface area (Å²) in [6.45, 7) is 0. The van der Waals surface area contributed by atoms with Crippen molar-refractivity contribution in [2.24, 2.45) is 5.73 Å². The van der Waals surface area contributed by atoms with Crippen LogP contribution in [-0.2, 0) is 6.18 Å². The Hall–Kier alpha value is -2.08. The standard InChI is InChI=1S/C14H11F3N2S/c15-14(16,17)9-4-3-5-10(8-9)19-12-7-2-1-6-11(12)13(18)20/h1-8,19H,(H2,18,20). The highest BCUT2D eigenvalue weighted by Gasteiger charge is 2.30. The zero-order valence-corrected chi connectivity index (χ0v) is 11.1. The van der Waals surface area contributed by atoms with E-state index in [4.69, 9.17) is 18.0 Å². The van der Waals surface area contributed by atoms with E-state index in [2.05, 4.69) is 5.32 Å². The molecule has 0 aliphatic heterocycles. The van der Waals surface area contributed by atoms with Crippen molar-refractivity contribution in [2.45, 2.75) is 6.18 Å². The van der Waals surface area contributed by atoms with Gasteiger partial charge in [-0.05, 0) is 30.3 Å². The molecular weight excluding hydrogens is 285 g/mol. The minimum Gasteiger partial charge on any atom is -0.389 e. The molecule has 0 heterocycles. The van der Waals surface area contributed by atoms with E-state index in [-0.39, 0.29) is 4.99 Å². The molecule has 6 heteroatoms. The van der Waals surface area contributed by atoms with Gasteiger partial charge < -0.3 is 11.1 Å². The Morgan fingerprint density at radius 2 is 1.75 bits per heavy atom. The predicted molar refractivity (Wildman–Crippen MR) is 77.1 cm³/mol. The average molecular weight is 296 g/mol. The highest BCUT2D eigenvalue weighted by molar-refractivity contribution is 7.80. The molecule has 2 aromatic carbocycles. The Balaban J connectivity index is 2.34. The van der Waals surface area contributed by atoms with Gasteiger partial charge in [0.25, 0.3) is 0 Å². The smallest absolute Gasteiger partial charge is 0.389 e. The second-order valence-corrected chi connectivity index (χ2v) is 4.55. The maximum Gasteiger partial charge on any atom is 0.416 e. The third kappa shape index (κ3) is 3.27. The van der Waals surface area contributed by atoms with E-state index in [9.17, 15) is 13.2 Å². The zero-order valence-electron chi connectivity index (χ0n) is 10.2. The van der Waals surface area contributed by atoms with Gasteiger partial charge in [-0.25, -0.2) is 0 Å². The van der Waals surface area contributed by atoms with Crippen molar-refractivity contribution in [2.75, 3.05) is 5.32 Å². The molecule has 0 atom stereocenters. The Morgan fingerprint density at radius 3 is 2.40 bits per heavy atom. The molecule has 20 heavy (non-hydrogen) atoms. The van der Waals surface area contributed by atoms with Crippen LogP contribution in [0.2, 0.25) is 0 Å². The summed E-state index contributed by atoms with van der Waals surface area (Å²) in [6.07, 6.45) is -4.37. The molecule has 0 fully saturated rings. The summed E-state index contributed by atoms with van der Waals surface area (Å²) in [7, 11) is 0. The van der Waals surface area contributed by atoms with Gasteiger partial charge in [0.1, 0.15) is 4.99 Å². The number of nitrogens with two attached hydrogens (primary N) is 1. The van der Waals surface area contributed by atoms with Gasteiger partial charge in [-0.15, -0.1) is 0 Å². The molecule has 0 radical (unpaired) electrons. The fraction of sp³-hybridized carbons (Fsp3) is 0.0714. The Morgan fingerprint density at radius 1 is 1.05 bits per heavy atom. The average Bonchev–Trinajstić information content (AvgIpc) is 2.38. The van der Waals surface area contributed by atoms with Crippen LogP contribution in [0.5, 0.6) is 0 Å². The lowest BCUT2D eigenvalue weighted by molar-refractivity contribution is -0.137. The highest BCUT2D eigenvalue weighted by atomic mass is 32.1. The van der Waals surface area contributed by atoms with Crippen LogP contribution in [0.25, 0.3) is 0 Å². The number of halogens is 3. The molecule has 0 aromatic heterocycles. The van der Waals surface area contributed by atoms with Crippen LogP contribution in [0.1, 0.15) is 11.1 Å². The van der Waals surface area contributed by atoms with Gasteiger partial charge in [0.2, 0.25) is 0 Å². The van der Waals surface area contributed by atoms with Gasteiger partial charge in [-0.1, -0.05) is 30.4 Å². The van der Waals surface area contributed by atoms with E-state index >= 15 is 0 Å². The van der Waals surface area contributed by atoms with Gasteiger partial charge in [0.15, 0.2) is 0 Å². The van der Waals surface area contributed by atoms with Crippen LogP contribution < -0.4 is 11.1 Å². The van der Waals surface area contributed by atoms with Gasteiger partial charge in [0.05, 0.1) is 5.56 Å². The second-order valence-electron chi connectivity index (χ2n) is 4.11. The number of benzene rings is 2. The van der Waals surface area contributed by atoms with Crippen LogP contribution >= 0.6 is 12.2 Å². The minimum absolute atomic E-state index is 0.181. The Bertz CT molecular complexity index is 638. The fourth-order valence-electron chi connectivity index (χ4n) is 1.74. The summed E-state index contributed by atoms with van der Waals surface area (Å²) in [5.41, 5.74) is 6.34. The first-order chi connectivity index (χ1) is 9.38. The van der Waals surface area contributed by atoms with Crippen LogP contribution in [0, 0.1) is 0 Å². The van der Waals surface area contributed by atoms with Crippen molar-refractivity contribution in [3.05, 3.63) is 59.7 Å². The van der Waals surface area contributed by atoms with Crippen LogP contribution in [0.3, 0.4) is 0 Å². The summed E-state index contributed by atoms with van der Waals surface area (Å²) >= 11 is 4.91. The van der Waals surface area contributed by atoms with Crippen LogP contribution in [0.15, 0.2) is 48.5 Å². The maximum atomic E-state index is 12.6. The van der Waals surface area contributed by atoms with E-state index < -0.39 is 11.7 Å². The van der Waals surface area contributed by atoms with Gasteiger partial charge >= 0.3 is 6.18 Å². The quantitative estimate of drug-likeness (QED) is 0.838. The van der Waals surface area contributed by atoms with Gasteiger partial charge in [-0.2, -0.15) is 13.2 Å². The number of thiocarbonyl (C=S) groups is 1. The van der Waals surface area contributed by atoms with Crippen molar-refractivity contribution < 1.29 is 13.2 Å². The number of hydrogen-bond donors (Lipinski definition) is 2. The molecule has 0 aliphatic rings. The number of anilines is 2. The lowest BCUT2D eigenvalue weighted by atomic mass is 10.1. The predicted octanol–water partition coefficient (Wildman–Crippen LogP) is 4.08. The molecular formula is C14H11F3N2S. The number of rotatable bonds is 3. The summed E-state index contributed by atoms with van der Waals surface area (Å²) < 4.78 is 37.9. The summed E-state index contributed by atoms with van der Waals surface area (Å²) in [4.78, 5) is 0.181. The highest BCUT2D eigenvalue weighted by Crippen LogP contribution is 2.31. The van der Waals surface area contributed by atoms with Crippen molar-refractivity contribution in [1.29, 1.82) is 0 Å². The van der Waals surface area contributed by atoms with Crippen LogP contribution in [0.4, 0.5) is 24.5 Å². The first kappa shape index (κ1) is 14.3. The molecule has 0 amide bonds. The Labute approximate surface area is 119 Å². The number of nitrogens with one attached hydrogen (secondary N) is 1. The summed E-state index contributed by atoms with van der Waals surface area (Å²) in [5.74, 6) is 0. The first-order valence-corrected chi connectivity index (χ1v) is 6.12. The van der Waals surface area contributed by atoms with Crippen molar-refractivity contribution in [1.82, 2.24) is 0 Å². The van der Waals surface area contributed by atoms with Gasteiger partial charge in [0, 0.05) is 16.9 Å². The van der Waals surface area contributed by atoms with Crippen LogP contribution in [-0.4, -0.2) is 4.99 Å². The largest absolute Gasteiger partial charge is 0.416 e. The molecule has 0 saturated carbocycles. The minimum atomic E-state index is -4.37.